The number of alkyl halides is 3. The van der Waals surface area contributed by atoms with Gasteiger partial charge in [-0.25, -0.2) is 19.6 Å². The zero-order valence-electron chi connectivity index (χ0n) is 38.1. The highest BCUT2D eigenvalue weighted by molar-refractivity contribution is 6.32. The number of amides is 4. The van der Waals surface area contributed by atoms with Gasteiger partial charge >= 0.3 is 18.5 Å². The number of aromatic nitrogens is 4. The second-order valence-corrected chi connectivity index (χ2v) is 18.5. The van der Waals surface area contributed by atoms with Crippen molar-refractivity contribution in [3.8, 4) is 5.75 Å². The topological polar surface area (TPSA) is 187 Å². The van der Waals surface area contributed by atoms with Gasteiger partial charge < -0.3 is 49.5 Å². The van der Waals surface area contributed by atoms with Crippen molar-refractivity contribution in [2.24, 2.45) is 11.8 Å². The molecule has 5 heterocycles. The van der Waals surface area contributed by atoms with E-state index in [9.17, 15) is 32.3 Å². The summed E-state index contributed by atoms with van der Waals surface area (Å²) in [6.07, 6.45) is -2.07. The normalized spacial score (nSPS) is 20.8. The Bertz CT molecular complexity index is 2510. The molecule has 2 aromatic heterocycles. The number of imidazole rings is 2. The fourth-order valence-electron chi connectivity index (χ4n) is 9.89. The number of aromatic amines is 2. The van der Waals surface area contributed by atoms with Gasteiger partial charge in [0.25, 0.3) is 0 Å². The van der Waals surface area contributed by atoms with Gasteiger partial charge in [0.15, 0.2) is 0 Å². The Kier molecular flexibility index (Phi) is 13.5. The Morgan fingerprint density at radius 1 is 0.687 bits per heavy atom. The van der Waals surface area contributed by atoms with Crippen molar-refractivity contribution in [1.29, 1.82) is 0 Å². The third kappa shape index (κ3) is 9.78. The first-order valence-electron chi connectivity index (χ1n) is 22.6. The molecular weight excluding hydrogens is 895 g/mol. The molecule has 358 valence electrons. The van der Waals surface area contributed by atoms with Crippen molar-refractivity contribution in [2.75, 3.05) is 32.2 Å². The maximum atomic E-state index is 13.8. The van der Waals surface area contributed by atoms with Gasteiger partial charge in [0, 0.05) is 18.8 Å². The van der Waals surface area contributed by atoms with Crippen LogP contribution in [0.15, 0.2) is 54.6 Å². The van der Waals surface area contributed by atoms with E-state index in [1.54, 1.807) is 15.9 Å². The number of hydrogen-bond acceptors (Lipinski definition) is 10. The molecule has 4 N–H and O–H groups in total. The predicted molar refractivity (Wildman–Crippen MR) is 243 cm³/mol. The molecule has 0 aliphatic carbocycles. The lowest BCUT2D eigenvalue weighted by molar-refractivity contribution is -0.274. The zero-order chi connectivity index (χ0) is 47.9. The fourth-order valence-corrected chi connectivity index (χ4v) is 10.1. The summed E-state index contributed by atoms with van der Waals surface area (Å²) in [6, 6.07) is 13.4. The van der Waals surface area contributed by atoms with Crippen molar-refractivity contribution in [3.63, 3.8) is 0 Å². The summed E-state index contributed by atoms with van der Waals surface area (Å²) in [5.74, 6) is -0.0625. The molecule has 0 spiro atoms. The molecule has 20 heteroatoms. The molecule has 3 fully saturated rings. The smallest absolute Gasteiger partial charge is 0.453 e. The van der Waals surface area contributed by atoms with Crippen LogP contribution in [0.1, 0.15) is 113 Å². The molecule has 4 amide bonds. The van der Waals surface area contributed by atoms with Crippen molar-refractivity contribution >= 4 is 63.4 Å². The SMILES string of the molecule is COC(=O)N[C@H](C(=O)N1CCC[C@H]1c1nc2ccc([C@@H]3CC[C@@H](c4ccc5nc([C@@H]6CCCN6C(=O)[C@@H](NC(=O)OC)C(C)C)[nH]c5c4)N3c3ccc(OC(F)(F)F)c(Cl)c3)cc2[nH]1)C(C)C. The minimum Gasteiger partial charge on any atom is -0.453 e. The number of ether oxygens (including phenoxy) is 3. The lowest BCUT2D eigenvalue weighted by Gasteiger charge is -2.33. The first kappa shape index (κ1) is 47.3. The first-order chi connectivity index (χ1) is 31.9. The van der Waals surface area contributed by atoms with Crippen LogP contribution in [0.4, 0.5) is 28.4 Å². The Balaban J connectivity index is 1.10. The summed E-state index contributed by atoms with van der Waals surface area (Å²) >= 11 is 6.51. The molecule has 3 saturated heterocycles. The first-order valence-corrected chi connectivity index (χ1v) is 22.9. The average Bonchev–Trinajstić information content (AvgIpc) is 4.15. The number of nitrogens with zero attached hydrogens (tertiary/aromatic N) is 5. The quantitative estimate of drug-likeness (QED) is 0.0940. The summed E-state index contributed by atoms with van der Waals surface area (Å²) in [7, 11) is 2.51. The number of alkyl carbamates (subject to hydrolysis) is 2. The van der Waals surface area contributed by atoms with E-state index in [1.165, 1.54) is 26.4 Å². The predicted octanol–water partition coefficient (Wildman–Crippen LogP) is 9.16. The molecule has 3 aliphatic rings. The largest absolute Gasteiger partial charge is 0.573 e. The van der Waals surface area contributed by atoms with E-state index in [4.69, 9.17) is 31.0 Å². The Labute approximate surface area is 390 Å². The van der Waals surface area contributed by atoms with Crippen LogP contribution in [-0.4, -0.2) is 99.5 Å². The van der Waals surface area contributed by atoms with Gasteiger partial charge in [-0.2, -0.15) is 0 Å². The number of rotatable bonds is 12. The van der Waals surface area contributed by atoms with E-state index in [0.29, 0.717) is 67.1 Å². The number of hydrogen-bond donors (Lipinski definition) is 4. The summed E-state index contributed by atoms with van der Waals surface area (Å²) in [5.41, 5.74) is 5.34. The molecule has 3 aliphatic heterocycles. The van der Waals surface area contributed by atoms with Crippen LogP contribution in [0.3, 0.4) is 0 Å². The molecule has 0 bridgehead atoms. The number of carbonyl (C=O) groups is 4. The number of fused-ring (bicyclic) bond motifs is 2. The number of likely N-dealkylation sites (tertiary alicyclic amines) is 2. The molecule has 8 rings (SSSR count). The summed E-state index contributed by atoms with van der Waals surface area (Å²) < 4.78 is 53.8. The third-order valence-corrected chi connectivity index (χ3v) is 13.4. The Hall–Kier alpha value is -6.24. The number of nitrogens with one attached hydrogen (secondary N) is 4. The maximum Gasteiger partial charge on any atom is 0.573 e. The van der Waals surface area contributed by atoms with Crippen molar-refractivity contribution in [2.45, 2.75) is 109 Å². The highest BCUT2D eigenvalue weighted by Gasteiger charge is 2.41. The standard InChI is InChI=1S/C47H55ClF3N9O7/c1-24(2)39(56-45(63)65-5)43(61)58-19-7-9-36(58)41-52-30-14-11-26(21-32(30)54-41)34-16-17-35(60(34)28-13-18-38(29(48)23-28)67-47(49,50)51)27-12-15-31-33(22-27)55-42(53-31)37-10-8-20-59(37)44(62)40(25(3)4)57-46(64)66-6/h11-15,18,21-25,34-37,39-40H,7-10,16-17,19-20H2,1-6H3,(H,52,54)(H,53,55)(H,56,63)(H,57,64)/t34-,35-,36-,37-,39-,40-/m0/s1. The van der Waals surface area contributed by atoms with Gasteiger partial charge in [0.2, 0.25) is 11.8 Å². The van der Waals surface area contributed by atoms with Crippen molar-refractivity contribution < 1.29 is 46.6 Å². The minimum absolute atomic E-state index is 0.187. The number of carbonyl (C=O) groups excluding carboxylic acids is 4. The van der Waals surface area contributed by atoms with Gasteiger partial charge in [-0.3, -0.25) is 9.59 Å². The molecule has 0 unspecified atom stereocenters. The lowest BCUT2D eigenvalue weighted by atomic mass is 10.0. The molecule has 6 atom stereocenters. The number of methoxy groups -OCH3 is 2. The van der Waals surface area contributed by atoms with Gasteiger partial charge in [-0.05, 0) is 104 Å². The van der Waals surface area contributed by atoms with Crippen LogP contribution >= 0.6 is 11.6 Å². The van der Waals surface area contributed by atoms with Crippen LogP contribution in [0, 0.1) is 11.8 Å². The van der Waals surface area contributed by atoms with Gasteiger partial charge in [-0.1, -0.05) is 51.4 Å². The number of benzene rings is 3. The summed E-state index contributed by atoms with van der Waals surface area (Å²) in [4.78, 5) is 74.5. The molecule has 5 aromatic rings. The number of H-pyrrole nitrogens is 2. The highest BCUT2D eigenvalue weighted by Crippen LogP contribution is 2.49. The molecule has 16 nitrogen and oxygen atoms in total. The molecular formula is C47H55ClF3N9O7. The average molecular weight is 950 g/mol. The van der Waals surface area contributed by atoms with Crippen LogP contribution in [-0.2, 0) is 19.1 Å². The van der Waals surface area contributed by atoms with E-state index in [0.717, 1.165) is 35.0 Å². The van der Waals surface area contributed by atoms with Crippen molar-refractivity contribution in [3.05, 3.63) is 82.4 Å². The van der Waals surface area contributed by atoms with Gasteiger partial charge in [-0.15, -0.1) is 13.2 Å². The minimum atomic E-state index is -4.93. The molecule has 0 radical (unpaired) electrons. The molecule has 67 heavy (non-hydrogen) atoms. The third-order valence-electron chi connectivity index (χ3n) is 13.1. The molecule has 3 aromatic carbocycles. The summed E-state index contributed by atoms with van der Waals surface area (Å²) in [5, 5.41) is 5.17. The van der Waals surface area contributed by atoms with E-state index in [-0.39, 0.29) is 52.8 Å². The zero-order valence-corrected chi connectivity index (χ0v) is 38.8. The van der Waals surface area contributed by atoms with Crippen LogP contribution in [0.25, 0.3) is 22.1 Å². The second-order valence-electron chi connectivity index (χ2n) is 18.1. The summed E-state index contributed by atoms with van der Waals surface area (Å²) in [6.45, 7) is 8.46. The fraction of sp³-hybridized carbons (Fsp3) is 0.489. The van der Waals surface area contributed by atoms with E-state index in [1.807, 2.05) is 64.1 Å². The lowest BCUT2D eigenvalue weighted by Crippen LogP contribution is -2.51. The van der Waals surface area contributed by atoms with E-state index >= 15 is 0 Å². The number of anilines is 1. The van der Waals surface area contributed by atoms with Crippen LogP contribution < -0.4 is 20.3 Å². The second kappa shape index (κ2) is 19.2. The van der Waals surface area contributed by atoms with Crippen molar-refractivity contribution in [1.82, 2.24) is 40.4 Å². The van der Waals surface area contributed by atoms with Gasteiger partial charge in [0.1, 0.15) is 29.5 Å². The van der Waals surface area contributed by atoms with E-state index in [2.05, 4.69) is 30.2 Å². The van der Waals surface area contributed by atoms with Gasteiger partial charge in [0.05, 0.1) is 65.5 Å². The Morgan fingerprint density at radius 3 is 1.55 bits per heavy atom. The monoisotopic (exact) mass is 949 g/mol. The molecule has 0 saturated carbocycles. The van der Waals surface area contributed by atoms with E-state index < -0.39 is 36.4 Å². The maximum absolute atomic E-state index is 13.8. The highest BCUT2D eigenvalue weighted by atomic mass is 35.5. The van der Waals surface area contributed by atoms with Crippen LogP contribution in [0.2, 0.25) is 5.02 Å². The van der Waals surface area contributed by atoms with Crippen LogP contribution in [0.5, 0.6) is 5.75 Å². The number of halogens is 4. The Morgan fingerprint density at radius 2 is 1.15 bits per heavy atom.